The topological polar surface area (TPSA) is 12.9 Å². The van der Waals surface area contributed by atoms with Crippen LogP contribution in [0.15, 0.2) is 24.3 Å². The molecule has 0 saturated heterocycles. The SMILES string of the molecule is CCc1c(Cl)nsc1-c1ccccc1C. The maximum absolute atomic E-state index is 6.05. The minimum atomic E-state index is 0.653. The van der Waals surface area contributed by atoms with Crippen LogP contribution in [0.1, 0.15) is 18.1 Å². The number of aromatic nitrogens is 1. The Labute approximate surface area is 98.9 Å². The molecule has 1 heterocycles. The molecule has 1 aromatic heterocycles. The quantitative estimate of drug-likeness (QED) is 0.758. The molecule has 0 aliphatic carbocycles. The van der Waals surface area contributed by atoms with E-state index in [0.29, 0.717) is 5.15 Å². The second kappa shape index (κ2) is 4.33. The molecule has 1 nitrogen and oxygen atoms in total. The summed E-state index contributed by atoms with van der Waals surface area (Å²) < 4.78 is 4.21. The van der Waals surface area contributed by atoms with Crippen molar-refractivity contribution >= 4 is 23.1 Å². The van der Waals surface area contributed by atoms with E-state index >= 15 is 0 Å². The van der Waals surface area contributed by atoms with Crippen molar-refractivity contribution in [1.29, 1.82) is 0 Å². The first-order valence-corrected chi connectivity index (χ1v) is 6.09. The molecule has 1 aromatic carbocycles. The molecular formula is C12H12ClNS. The van der Waals surface area contributed by atoms with Crippen LogP contribution in [0.4, 0.5) is 0 Å². The van der Waals surface area contributed by atoms with E-state index in [1.807, 2.05) is 6.07 Å². The second-order valence-corrected chi connectivity index (χ2v) is 4.58. The summed E-state index contributed by atoms with van der Waals surface area (Å²) in [5.74, 6) is 0. The van der Waals surface area contributed by atoms with Gasteiger partial charge < -0.3 is 0 Å². The van der Waals surface area contributed by atoms with E-state index in [1.165, 1.54) is 27.5 Å². The van der Waals surface area contributed by atoms with Gasteiger partial charge in [0.05, 0.1) is 4.88 Å². The zero-order valence-electron chi connectivity index (χ0n) is 8.75. The molecule has 0 radical (unpaired) electrons. The third kappa shape index (κ3) is 1.92. The monoisotopic (exact) mass is 237 g/mol. The van der Waals surface area contributed by atoms with Gasteiger partial charge in [0.25, 0.3) is 0 Å². The highest BCUT2D eigenvalue weighted by Crippen LogP contribution is 2.34. The van der Waals surface area contributed by atoms with Gasteiger partial charge in [0, 0.05) is 5.56 Å². The summed E-state index contributed by atoms with van der Waals surface area (Å²) in [6, 6.07) is 8.34. The first-order chi connectivity index (χ1) is 7.24. The van der Waals surface area contributed by atoms with Crippen molar-refractivity contribution in [2.75, 3.05) is 0 Å². The molecule has 0 spiro atoms. The Kier molecular flexibility index (Phi) is 3.08. The standard InChI is InChI=1S/C12H12ClNS/c1-3-9-11(15-14-12(9)13)10-7-5-4-6-8(10)2/h4-7H,3H2,1-2H3. The highest BCUT2D eigenvalue weighted by Gasteiger charge is 2.13. The van der Waals surface area contributed by atoms with Gasteiger partial charge in [-0.25, -0.2) is 0 Å². The van der Waals surface area contributed by atoms with Crippen LogP contribution in [0.2, 0.25) is 5.15 Å². The Morgan fingerprint density at radius 2 is 2.07 bits per heavy atom. The number of rotatable bonds is 2. The van der Waals surface area contributed by atoms with Gasteiger partial charge in [-0.2, -0.15) is 4.37 Å². The Hall–Kier alpha value is -0.860. The van der Waals surface area contributed by atoms with Gasteiger partial charge in [-0.05, 0) is 36.0 Å². The molecular weight excluding hydrogens is 226 g/mol. The van der Waals surface area contributed by atoms with Gasteiger partial charge >= 0.3 is 0 Å². The molecule has 0 fully saturated rings. The number of benzene rings is 1. The Bertz CT molecular complexity index is 476. The van der Waals surface area contributed by atoms with Crippen LogP contribution in [0, 0.1) is 6.92 Å². The summed E-state index contributed by atoms with van der Waals surface area (Å²) in [6.45, 7) is 4.22. The second-order valence-electron chi connectivity index (χ2n) is 3.45. The van der Waals surface area contributed by atoms with Crippen molar-refractivity contribution < 1.29 is 0 Å². The number of nitrogens with zero attached hydrogens (tertiary/aromatic N) is 1. The fourth-order valence-electron chi connectivity index (χ4n) is 1.64. The molecule has 78 valence electrons. The zero-order chi connectivity index (χ0) is 10.8. The minimum absolute atomic E-state index is 0.653. The summed E-state index contributed by atoms with van der Waals surface area (Å²) in [6.07, 6.45) is 0.930. The lowest BCUT2D eigenvalue weighted by Gasteiger charge is -2.04. The summed E-state index contributed by atoms with van der Waals surface area (Å²) in [5.41, 5.74) is 3.68. The van der Waals surface area contributed by atoms with Gasteiger partial charge in [0.2, 0.25) is 0 Å². The van der Waals surface area contributed by atoms with E-state index in [4.69, 9.17) is 11.6 Å². The lowest BCUT2D eigenvalue weighted by atomic mass is 10.0. The van der Waals surface area contributed by atoms with E-state index in [1.54, 1.807) is 0 Å². The average molecular weight is 238 g/mol. The molecule has 0 saturated carbocycles. The minimum Gasteiger partial charge on any atom is -0.180 e. The van der Waals surface area contributed by atoms with Gasteiger partial charge in [0.1, 0.15) is 5.15 Å². The Balaban J connectivity index is 2.59. The number of hydrogen-bond acceptors (Lipinski definition) is 2. The van der Waals surface area contributed by atoms with Crippen molar-refractivity contribution in [3.63, 3.8) is 0 Å². The maximum atomic E-state index is 6.05. The zero-order valence-corrected chi connectivity index (χ0v) is 10.3. The largest absolute Gasteiger partial charge is 0.180 e. The normalized spacial score (nSPS) is 10.6. The van der Waals surface area contributed by atoms with Gasteiger partial charge in [0.15, 0.2) is 0 Å². The van der Waals surface area contributed by atoms with E-state index < -0.39 is 0 Å². The average Bonchev–Trinajstić information content (AvgIpc) is 2.60. The van der Waals surface area contributed by atoms with E-state index in [-0.39, 0.29) is 0 Å². The molecule has 2 aromatic rings. The van der Waals surface area contributed by atoms with Crippen molar-refractivity contribution in [1.82, 2.24) is 4.37 Å². The number of aryl methyl sites for hydroxylation is 1. The molecule has 0 unspecified atom stereocenters. The van der Waals surface area contributed by atoms with Crippen molar-refractivity contribution in [2.24, 2.45) is 0 Å². The molecule has 2 rings (SSSR count). The first kappa shape index (κ1) is 10.7. The maximum Gasteiger partial charge on any atom is 0.146 e. The van der Waals surface area contributed by atoms with Crippen LogP contribution >= 0.6 is 23.1 Å². The fourth-order valence-corrected chi connectivity index (χ4v) is 2.98. The smallest absolute Gasteiger partial charge is 0.146 e. The third-order valence-corrected chi connectivity index (χ3v) is 3.82. The van der Waals surface area contributed by atoms with Crippen LogP contribution < -0.4 is 0 Å². The number of halogens is 1. The first-order valence-electron chi connectivity index (χ1n) is 4.94. The third-order valence-electron chi connectivity index (χ3n) is 2.48. The van der Waals surface area contributed by atoms with Crippen molar-refractivity contribution in [3.05, 3.63) is 40.5 Å². The Morgan fingerprint density at radius 1 is 1.33 bits per heavy atom. The summed E-state index contributed by atoms with van der Waals surface area (Å²) in [7, 11) is 0. The molecule has 0 N–H and O–H groups in total. The van der Waals surface area contributed by atoms with Gasteiger partial charge in [-0.1, -0.05) is 42.8 Å². The summed E-state index contributed by atoms with van der Waals surface area (Å²) in [4.78, 5) is 1.21. The van der Waals surface area contributed by atoms with Crippen LogP contribution in [-0.4, -0.2) is 4.37 Å². The van der Waals surface area contributed by atoms with E-state index in [2.05, 4.69) is 36.4 Å². The van der Waals surface area contributed by atoms with Crippen molar-refractivity contribution in [2.45, 2.75) is 20.3 Å². The predicted octanol–water partition coefficient (Wildman–Crippen LogP) is 4.33. The van der Waals surface area contributed by atoms with Crippen LogP contribution in [0.3, 0.4) is 0 Å². The lowest BCUT2D eigenvalue weighted by Crippen LogP contribution is -1.85. The predicted molar refractivity (Wildman–Crippen MR) is 66.7 cm³/mol. The lowest BCUT2D eigenvalue weighted by molar-refractivity contribution is 1.14. The molecule has 3 heteroatoms. The van der Waals surface area contributed by atoms with Crippen LogP contribution in [0.5, 0.6) is 0 Å². The van der Waals surface area contributed by atoms with Crippen LogP contribution in [-0.2, 0) is 6.42 Å². The Morgan fingerprint density at radius 3 is 2.73 bits per heavy atom. The van der Waals surface area contributed by atoms with E-state index in [9.17, 15) is 0 Å². The van der Waals surface area contributed by atoms with Gasteiger partial charge in [-0.3, -0.25) is 0 Å². The molecule has 0 atom stereocenters. The van der Waals surface area contributed by atoms with E-state index in [0.717, 1.165) is 12.0 Å². The highest BCUT2D eigenvalue weighted by molar-refractivity contribution is 7.10. The molecule has 15 heavy (non-hydrogen) atoms. The van der Waals surface area contributed by atoms with Crippen molar-refractivity contribution in [3.8, 4) is 10.4 Å². The molecule has 0 aliphatic rings. The highest BCUT2D eigenvalue weighted by atomic mass is 35.5. The summed E-state index contributed by atoms with van der Waals surface area (Å²) in [5, 5.41) is 0.653. The number of hydrogen-bond donors (Lipinski definition) is 0. The molecule has 0 amide bonds. The van der Waals surface area contributed by atoms with Gasteiger partial charge in [-0.15, -0.1) is 0 Å². The summed E-state index contributed by atoms with van der Waals surface area (Å²) >= 11 is 7.53. The fraction of sp³-hybridized carbons (Fsp3) is 0.250. The van der Waals surface area contributed by atoms with Crippen LogP contribution in [0.25, 0.3) is 10.4 Å². The molecule has 0 aliphatic heterocycles. The molecule has 0 bridgehead atoms.